The van der Waals surface area contributed by atoms with Crippen LogP contribution < -0.4 is 10.5 Å². The van der Waals surface area contributed by atoms with Crippen molar-refractivity contribution >= 4 is 15.9 Å². The molecule has 2 N–H and O–H groups in total. The first-order chi connectivity index (χ1) is 6.72. The van der Waals surface area contributed by atoms with Gasteiger partial charge >= 0.3 is 0 Å². The second-order valence-electron chi connectivity index (χ2n) is 3.36. The molecule has 1 aromatic rings. The molecule has 78 valence electrons. The van der Waals surface area contributed by atoms with Crippen LogP contribution in [-0.2, 0) is 6.42 Å². The summed E-state index contributed by atoms with van der Waals surface area (Å²) in [7, 11) is 0. The molecule has 0 aromatic heterocycles. The molecular formula is C11H16BrNO. The third kappa shape index (κ3) is 4.11. The second kappa shape index (κ2) is 6.04. The Morgan fingerprint density at radius 3 is 2.50 bits per heavy atom. The molecule has 0 radical (unpaired) electrons. The molecule has 0 aliphatic rings. The van der Waals surface area contributed by atoms with Crippen LogP contribution >= 0.6 is 15.9 Å². The minimum atomic E-state index is 0.212. The molecule has 0 aliphatic heterocycles. The molecule has 1 rings (SSSR count). The summed E-state index contributed by atoms with van der Waals surface area (Å²) in [6.45, 7) is 2.71. The Hall–Kier alpha value is -0.540. The third-order valence-electron chi connectivity index (χ3n) is 1.83. The topological polar surface area (TPSA) is 35.2 Å². The quantitative estimate of drug-likeness (QED) is 0.823. The molecule has 0 amide bonds. The standard InChI is InChI=1S/C11H16BrNO/c1-9(13)8-10-2-4-11(5-3-10)14-7-6-12/h2-5,9H,6-8,13H2,1H3. The first-order valence-electron chi connectivity index (χ1n) is 4.75. The third-order valence-corrected chi connectivity index (χ3v) is 2.15. The van der Waals surface area contributed by atoms with Gasteiger partial charge < -0.3 is 10.5 Å². The normalized spacial score (nSPS) is 12.5. The maximum atomic E-state index is 5.71. The van der Waals surface area contributed by atoms with Gasteiger partial charge in [0.1, 0.15) is 5.75 Å². The SMILES string of the molecule is CC(N)Cc1ccc(OCCBr)cc1. The van der Waals surface area contributed by atoms with E-state index >= 15 is 0 Å². The van der Waals surface area contributed by atoms with Crippen LogP contribution in [0.4, 0.5) is 0 Å². The fraction of sp³-hybridized carbons (Fsp3) is 0.455. The van der Waals surface area contributed by atoms with E-state index in [9.17, 15) is 0 Å². The van der Waals surface area contributed by atoms with Crippen molar-refractivity contribution in [2.24, 2.45) is 5.73 Å². The van der Waals surface area contributed by atoms with Crippen LogP contribution in [0.3, 0.4) is 0 Å². The van der Waals surface area contributed by atoms with Crippen molar-refractivity contribution in [2.45, 2.75) is 19.4 Å². The zero-order valence-electron chi connectivity index (χ0n) is 8.37. The average Bonchev–Trinajstić information content (AvgIpc) is 2.16. The molecule has 1 aromatic carbocycles. The molecule has 0 fully saturated rings. The highest BCUT2D eigenvalue weighted by molar-refractivity contribution is 9.09. The molecule has 0 bridgehead atoms. The Labute approximate surface area is 93.6 Å². The smallest absolute Gasteiger partial charge is 0.119 e. The van der Waals surface area contributed by atoms with Gasteiger partial charge in [0.05, 0.1) is 6.61 Å². The number of alkyl halides is 1. The van der Waals surface area contributed by atoms with Crippen molar-refractivity contribution in [1.82, 2.24) is 0 Å². The summed E-state index contributed by atoms with van der Waals surface area (Å²) in [5.41, 5.74) is 6.96. The van der Waals surface area contributed by atoms with Crippen LogP contribution in [0.2, 0.25) is 0 Å². The van der Waals surface area contributed by atoms with Crippen molar-refractivity contribution in [3.8, 4) is 5.75 Å². The Bertz CT molecular complexity index is 258. The van der Waals surface area contributed by atoms with Gasteiger partial charge in [0.2, 0.25) is 0 Å². The van der Waals surface area contributed by atoms with Crippen LogP contribution in [-0.4, -0.2) is 18.0 Å². The van der Waals surface area contributed by atoms with Crippen molar-refractivity contribution in [2.75, 3.05) is 11.9 Å². The Kier molecular flexibility index (Phi) is 4.98. The van der Waals surface area contributed by atoms with Gasteiger partial charge in [0, 0.05) is 11.4 Å². The Morgan fingerprint density at radius 2 is 2.00 bits per heavy atom. The lowest BCUT2D eigenvalue weighted by molar-refractivity contribution is 0.345. The minimum Gasteiger partial charge on any atom is -0.493 e. The first kappa shape index (κ1) is 11.5. The molecule has 0 saturated heterocycles. The van der Waals surface area contributed by atoms with Gasteiger partial charge in [-0.1, -0.05) is 28.1 Å². The molecule has 0 heterocycles. The van der Waals surface area contributed by atoms with Gasteiger partial charge in [-0.3, -0.25) is 0 Å². The summed E-state index contributed by atoms with van der Waals surface area (Å²) >= 11 is 3.31. The molecule has 0 saturated carbocycles. The predicted octanol–water partition coefficient (Wildman–Crippen LogP) is 2.35. The molecule has 3 heteroatoms. The summed E-state index contributed by atoms with van der Waals surface area (Å²) in [6, 6.07) is 8.31. The summed E-state index contributed by atoms with van der Waals surface area (Å²) in [5, 5.41) is 0.856. The number of hydrogen-bond acceptors (Lipinski definition) is 2. The maximum absolute atomic E-state index is 5.71. The number of rotatable bonds is 5. The van der Waals surface area contributed by atoms with Crippen LogP contribution in [0.15, 0.2) is 24.3 Å². The average molecular weight is 258 g/mol. The van der Waals surface area contributed by atoms with Gasteiger partial charge in [-0.05, 0) is 31.0 Å². The van der Waals surface area contributed by atoms with Crippen LogP contribution in [0.5, 0.6) is 5.75 Å². The van der Waals surface area contributed by atoms with E-state index in [1.54, 1.807) is 0 Å². The number of ether oxygens (including phenoxy) is 1. The second-order valence-corrected chi connectivity index (χ2v) is 4.16. The monoisotopic (exact) mass is 257 g/mol. The first-order valence-corrected chi connectivity index (χ1v) is 5.88. The lowest BCUT2D eigenvalue weighted by Crippen LogP contribution is -2.17. The summed E-state index contributed by atoms with van der Waals surface area (Å²) in [5.74, 6) is 0.915. The molecule has 2 nitrogen and oxygen atoms in total. The molecular weight excluding hydrogens is 242 g/mol. The zero-order valence-corrected chi connectivity index (χ0v) is 9.96. The van der Waals surface area contributed by atoms with Gasteiger partial charge in [-0.25, -0.2) is 0 Å². The Balaban J connectivity index is 2.50. The fourth-order valence-electron chi connectivity index (χ4n) is 1.25. The van der Waals surface area contributed by atoms with Gasteiger partial charge in [-0.15, -0.1) is 0 Å². The number of benzene rings is 1. The van der Waals surface area contributed by atoms with Gasteiger partial charge in [-0.2, -0.15) is 0 Å². The minimum absolute atomic E-state index is 0.212. The van der Waals surface area contributed by atoms with Crippen molar-refractivity contribution in [1.29, 1.82) is 0 Å². The highest BCUT2D eigenvalue weighted by atomic mass is 79.9. The molecule has 1 atom stereocenters. The largest absolute Gasteiger partial charge is 0.493 e. The van der Waals surface area contributed by atoms with E-state index in [2.05, 4.69) is 28.1 Å². The van der Waals surface area contributed by atoms with E-state index in [1.807, 2.05) is 19.1 Å². The molecule has 0 aliphatic carbocycles. The van der Waals surface area contributed by atoms with Gasteiger partial charge in [0.25, 0.3) is 0 Å². The maximum Gasteiger partial charge on any atom is 0.119 e. The van der Waals surface area contributed by atoms with E-state index in [4.69, 9.17) is 10.5 Å². The number of nitrogens with two attached hydrogens (primary N) is 1. The van der Waals surface area contributed by atoms with Crippen molar-refractivity contribution in [3.63, 3.8) is 0 Å². The summed E-state index contributed by atoms with van der Waals surface area (Å²) < 4.78 is 5.44. The van der Waals surface area contributed by atoms with Gasteiger partial charge in [0.15, 0.2) is 0 Å². The Morgan fingerprint density at radius 1 is 1.36 bits per heavy atom. The zero-order chi connectivity index (χ0) is 10.4. The van der Waals surface area contributed by atoms with E-state index in [0.29, 0.717) is 6.61 Å². The lowest BCUT2D eigenvalue weighted by Gasteiger charge is -2.07. The lowest BCUT2D eigenvalue weighted by atomic mass is 10.1. The fourth-order valence-corrected chi connectivity index (χ4v) is 1.41. The highest BCUT2D eigenvalue weighted by Crippen LogP contribution is 2.13. The van der Waals surface area contributed by atoms with E-state index in [1.165, 1.54) is 5.56 Å². The number of hydrogen-bond donors (Lipinski definition) is 1. The van der Waals surface area contributed by atoms with Crippen LogP contribution in [0.1, 0.15) is 12.5 Å². The molecule has 0 spiro atoms. The van der Waals surface area contributed by atoms with Crippen LogP contribution in [0, 0.1) is 0 Å². The molecule has 14 heavy (non-hydrogen) atoms. The van der Waals surface area contributed by atoms with Crippen molar-refractivity contribution in [3.05, 3.63) is 29.8 Å². The van der Waals surface area contributed by atoms with E-state index in [-0.39, 0.29) is 6.04 Å². The summed E-state index contributed by atoms with van der Waals surface area (Å²) in [4.78, 5) is 0. The summed E-state index contributed by atoms with van der Waals surface area (Å²) in [6.07, 6.45) is 0.915. The van der Waals surface area contributed by atoms with Crippen molar-refractivity contribution < 1.29 is 4.74 Å². The molecule has 1 unspecified atom stereocenters. The number of halogens is 1. The van der Waals surface area contributed by atoms with E-state index in [0.717, 1.165) is 17.5 Å². The predicted molar refractivity (Wildman–Crippen MR) is 63.1 cm³/mol. The highest BCUT2D eigenvalue weighted by Gasteiger charge is 1.98. The van der Waals surface area contributed by atoms with Crippen LogP contribution in [0.25, 0.3) is 0 Å². The van der Waals surface area contributed by atoms with E-state index < -0.39 is 0 Å².